The number of halogens is 2. The Morgan fingerprint density at radius 1 is 1.25 bits per heavy atom. The van der Waals surface area contributed by atoms with Gasteiger partial charge in [0.05, 0.1) is 22.9 Å². The quantitative estimate of drug-likeness (QED) is 0.410. The second-order valence-electron chi connectivity index (χ2n) is 7.07. The second kappa shape index (κ2) is 8.96. The number of hydrogen-bond acceptors (Lipinski definition) is 5. The van der Waals surface area contributed by atoms with Crippen molar-refractivity contribution in [3.63, 3.8) is 0 Å². The topological polar surface area (TPSA) is 60.0 Å². The van der Waals surface area contributed by atoms with E-state index < -0.39 is 23.6 Å². The van der Waals surface area contributed by atoms with Crippen molar-refractivity contribution in [2.75, 3.05) is 24.7 Å². The first-order valence-corrected chi connectivity index (χ1v) is 10.3. The number of rotatable bonds is 5. The summed E-state index contributed by atoms with van der Waals surface area (Å²) >= 11 is 5.53. The molecule has 2 aliphatic heterocycles. The number of carbonyl (C=O) groups excluding carboxylic acids is 1. The fourth-order valence-corrected chi connectivity index (χ4v) is 4.06. The first-order valence-electron chi connectivity index (χ1n) is 9.85. The minimum absolute atomic E-state index is 0.0272. The van der Waals surface area contributed by atoms with Crippen molar-refractivity contribution < 1.29 is 27.8 Å². The highest BCUT2D eigenvalue weighted by atomic mass is 32.1. The molecule has 166 valence electrons. The smallest absolute Gasteiger partial charge is 0.338 e. The van der Waals surface area contributed by atoms with Gasteiger partial charge in [0.25, 0.3) is 0 Å². The van der Waals surface area contributed by atoms with Crippen LogP contribution in [-0.4, -0.2) is 30.9 Å². The number of nitrogens with zero attached hydrogens (tertiary/aromatic N) is 1. The highest BCUT2D eigenvalue weighted by Gasteiger charge is 2.38. The lowest BCUT2D eigenvalue weighted by Crippen LogP contribution is -2.48. The molecular formula is C23H20F2N2O4S. The van der Waals surface area contributed by atoms with Crippen molar-refractivity contribution in [2.24, 2.45) is 0 Å². The number of anilines is 1. The van der Waals surface area contributed by atoms with Crippen LogP contribution in [-0.2, 0) is 9.53 Å². The lowest BCUT2D eigenvalue weighted by Gasteiger charge is -2.38. The first kappa shape index (κ1) is 21.8. The number of thiocarbonyl (C=S) groups is 1. The Kier molecular flexibility index (Phi) is 6.09. The molecule has 0 unspecified atom stereocenters. The molecule has 0 aliphatic carbocycles. The Morgan fingerprint density at radius 3 is 2.62 bits per heavy atom. The van der Waals surface area contributed by atoms with Gasteiger partial charge in [-0.2, -0.15) is 0 Å². The molecule has 0 spiro atoms. The number of nitrogens with one attached hydrogen (secondary N) is 1. The van der Waals surface area contributed by atoms with Crippen molar-refractivity contribution in [3.8, 4) is 11.5 Å². The molecule has 1 atom stereocenters. The van der Waals surface area contributed by atoms with E-state index in [0.29, 0.717) is 36.1 Å². The number of allylic oxidation sites excluding steroid dienone is 1. The third-order valence-corrected chi connectivity index (χ3v) is 5.41. The van der Waals surface area contributed by atoms with E-state index in [-0.39, 0.29) is 22.9 Å². The van der Waals surface area contributed by atoms with Crippen LogP contribution in [0.2, 0.25) is 0 Å². The summed E-state index contributed by atoms with van der Waals surface area (Å²) in [4.78, 5) is 14.6. The summed E-state index contributed by atoms with van der Waals surface area (Å²) < 4.78 is 45.7. The Labute approximate surface area is 189 Å². The van der Waals surface area contributed by atoms with Gasteiger partial charge in [-0.1, -0.05) is 18.7 Å². The average Bonchev–Trinajstić information content (AvgIpc) is 2.77. The van der Waals surface area contributed by atoms with E-state index in [2.05, 4.69) is 11.9 Å². The SMILES string of the molecule is C=CCOC(=O)C1=C(C)N(c2ccc3c(c2)OCCO3)C(=S)N[C@H]1c1c(F)cccc1F. The molecule has 1 N–H and O–H groups in total. The highest BCUT2D eigenvalue weighted by Crippen LogP contribution is 2.39. The molecule has 2 aliphatic rings. The van der Waals surface area contributed by atoms with Gasteiger partial charge in [-0.25, -0.2) is 13.6 Å². The Balaban J connectivity index is 1.84. The number of ether oxygens (including phenoxy) is 3. The molecule has 4 rings (SSSR count). The van der Waals surface area contributed by atoms with E-state index in [4.69, 9.17) is 26.4 Å². The Hall–Kier alpha value is -3.46. The maximum atomic E-state index is 14.6. The molecule has 2 aromatic carbocycles. The molecule has 2 heterocycles. The maximum absolute atomic E-state index is 14.6. The lowest BCUT2D eigenvalue weighted by molar-refractivity contribution is -0.138. The van der Waals surface area contributed by atoms with E-state index in [1.807, 2.05) is 0 Å². The van der Waals surface area contributed by atoms with Crippen LogP contribution in [0.25, 0.3) is 0 Å². The summed E-state index contributed by atoms with van der Waals surface area (Å²) in [5.74, 6) is -1.23. The number of carbonyl (C=O) groups is 1. The summed E-state index contributed by atoms with van der Waals surface area (Å²) in [5.41, 5.74) is 0.666. The van der Waals surface area contributed by atoms with E-state index in [1.165, 1.54) is 12.1 Å². The van der Waals surface area contributed by atoms with Crippen molar-refractivity contribution in [3.05, 3.63) is 77.5 Å². The minimum Gasteiger partial charge on any atom is -0.486 e. The van der Waals surface area contributed by atoms with Crippen molar-refractivity contribution >= 4 is 29.0 Å². The maximum Gasteiger partial charge on any atom is 0.338 e. The highest BCUT2D eigenvalue weighted by molar-refractivity contribution is 7.80. The summed E-state index contributed by atoms with van der Waals surface area (Å²) in [5, 5.41) is 3.06. The molecule has 9 heteroatoms. The second-order valence-corrected chi connectivity index (χ2v) is 7.45. The zero-order valence-corrected chi connectivity index (χ0v) is 18.0. The third-order valence-electron chi connectivity index (χ3n) is 5.11. The molecule has 32 heavy (non-hydrogen) atoms. The molecule has 0 amide bonds. The fraction of sp³-hybridized carbons (Fsp3) is 0.217. The average molecular weight is 458 g/mol. The van der Waals surface area contributed by atoms with Gasteiger partial charge in [-0.05, 0) is 43.4 Å². The van der Waals surface area contributed by atoms with Crippen LogP contribution < -0.4 is 19.7 Å². The van der Waals surface area contributed by atoms with Crippen LogP contribution in [0.4, 0.5) is 14.5 Å². The lowest BCUT2D eigenvalue weighted by atomic mass is 9.94. The largest absolute Gasteiger partial charge is 0.486 e. The van der Waals surface area contributed by atoms with E-state index in [0.717, 1.165) is 12.1 Å². The van der Waals surface area contributed by atoms with Crippen LogP contribution in [0, 0.1) is 11.6 Å². The molecule has 0 radical (unpaired) electrons. The molecule has 0 saturated carbocycles. The standard InChI is InChI=1S/C23H20F2N2O4S/c1-3-9-31-22(28)19-13(2)27(14-7-8-17-18(12-14)30-11-10-29-17)23(32)26-21(19)20-15(24)5-4-6-16(20)25/h3-8,12,21H,1,9-11H2,2H3,(H,26,32)/t21-/m1/s1. The molecule has 6 nitrogen and oxygen atoms in total. The van der Waals surface area contributed by atoms with Crippen molar-refractivity contribution in [2.45, 2.75) is 13.0 Å². The number of benzene rings is 2. The molecule has 0 fully saturated rings. The summed E-state index contributed by atoms with van der Waals surface area (Å²) in [6.45, 7) is 5.97. The predicted octanol–water partition coefficient (Wildman–Crippen LogP) is 4.18. The van der Waals surface area contributed by atoms with Gasteiger partial charge < -0.3 is 19.5 Å². The molecular weight excluding hydrogens is 438 g/mol. The van der Waals surface area contributed by atoms with E-state index in [1.54, 1.807) is 30.0 Å². The summed E-state index contributed by atoms with van der Waals surface area (Å²) in [7, 11) is 0. The molecule has 0 aromatic heterocycles. The molecule has 0 bridgehead atoms. The summed E-state index contributed by atoms with van der Waals surface area (Å²) in [6.07, 6.45) is 1.41. The van der Waals surface area contributed by atoms with Crippen LogP contribution >= 0.6 is 12.2 Å². The van der Waals surface area contributed by atoms with Crippen molar-refractivity contribution in [1.82, 2.24) is 5.32 Å². The number of hydrogen-bond donors (Lipinski definition) is 1. The van der Waals surface area contributed by atoms with Gasteiger partial charge in [0.15, 0.2) is 16.6 Å². The Bertz CT molecular complexity index is 1110. The van der Waals surface area contributed by atoms with E-state index in [9.17, 15) is 13.6 Å². The molecule has 0 saturated heterocycles. The molecule has 2 aromatic rings. The Morgan fingerprint density at radius 2 is 1.94 bits per heavy atom. The van der Waals surface area contributed by atoms with Gasteiger partial charge in [0.2, 0.25) is 0 Å². The monoisotopic (exact) mass is 458 g/mol. The van der Waals surface area contributed by atoms with Gasteiger partial charge in [0.1, 0.15) is 31.5 Å². The van der Waals surface area contributed by atoms with Crippen LogP contribution in [0.5, 0.6) is 11.5 Å². The van der Waals surface area contributed by atoms with Crippen LogP contribution in [0.15, 0.2) is 60.3 Å². The fourth-order valence-electron chi connectivity index (χ4n) is 3.70. The van der Waals surface area contributed by atoms with Crippen LogP contribution in [0.1, 0.15) is 18.5 Å². The predicted molar refractivity (Wildman–Crippen MR) is 119 cm³/mol. The van der Waals surface area contributed by atoms with Gasteiger partial charge >= 0.3 is 5.97 Å². The number of esters is 1. The van der Waals surface area contributed by atoms with Gasteiger partial charge in [0, 0.05) is 11.8 Å². The third kappa shape index (κ3) is 3.91. The zero-order chi connectivity index (χ0) is 22.8. The van der Waals surface area contributed by atoms with Crippen molar-refractivity contribution in [1.29, 1.82) is 0 Å². The zero-order valence-electron chi connectivity index (χ0n) is 17.2. The van der Waals surface area contributed by atoms with Gasteiger partial charge in [-0.3, -0.25) is 4.90 Å². The minimum atomic E-state index is -1.17. The number of fused-ring (bicyclic) bond motifs is 1. The normalized spacial score (nSPS) is 17.7. The summed E-state index contributed by atoms with van der Waals surface area (Å²) in [6, 6.07) is 7.54. The van der Waals surface area contributed by atoms with Gasteiger partial charge in [-0.15, -0.1) is 0 Å². The first-order chi connectivity index (χ1) is 15.4. The van der Waals surface area contributed by atoms with E-state index >= 15 is 0 Å². The van der Waals surface area contributed by atoms with Crippen LogP contribution in [0.3, 0.4) is 0 Å².